The van der Waals surface area contributed by atoms with Gasteiger partial charge in [0.15, 0.2) is 0 Å². The second-order valence-corrected chi connectivity index (χ2v) is 13.3. The van der Waals surface area contributed by atoms with Crippen molar-refractivity contribution in [2.24, 2.45) is 0 Å². The number of nitrogens with zero attached hydrogens (tertiary/aromatic N) is 1. The Morgan fingerprint density at radius 2 is 0.583 bits per heavy atom. The van der Waals surface area contributed by atoms with Crippen LogP contribution in [-0.2, 0) is 0 Å². The molecule has 0 amide bonds. The molecule has 0 atom stereocenters. The molecule has 0 aliphatic rings. The Morgan fingerprint density at radius 1 is 0.333 bits per heavy atom. The van der Waals surface area contributed by atoms with Crippen LogP contribution in [0.15, 0.2) is 0 Å². The molecule has 0 rings (SSSR count). The van der Waals surface area contributed by atoms with Crippen LogP contribution in [0.1, 0.15) is 209 Å². The lowest BCUT2D eigenvalue weighted by Crippen LogP contribution is -2.55. The number of hydrogen-bond acceptors (Lipinski definition) is 1. The molecule has 0 spiro atoms. The maximum absolute atomic E-state index is 2.93. The normalized spacial score (nSPS) is 12.7. The summed E-state index contributed by atoms with van der Waals surface area (Å²) >= 11 is 0. The number of rotatable bonds is 28. The lowest BCUT2D eigenvalue weighted by atomic mass is 9.85. The molecule has 0 saturated heterocycles. The van der Waals surface area contributed by atoms with E-state index < -0.39 is 0 Å². The van der Waals surface area contributed by atoms with Crippen LogP contribution in [0, 0.1) is 0 Å². The van der Waals surface area contributed by atoms with Crippen LogP contribution in [0.3, 0.4) is 0 Å². The minimum atomic E-state index is 0.317. The average Bonchev–Trinajstić information content (AvgIpc) is 2.84. The zero-order chi connectivity index (χ0) is 27.0. The second-order valence-electron chi connectivity index (χ2n) is 13.3. The maximum atomic E-state index is 2.93. The largest absolute Gasteiger partial charge is 0.293 e. The molecule has 218 valence electrons. The van der Waals surface area contributed by atoms with Gasteiger partial charge in [-0.3, -0.25) is 4.90 Å². The van der Waals surface area contributed by atoms with E-state index in [9.17, 15) is 0 Å². The van der Waals surface area contributed by atoms with Crippen molar-refractivity contribution in [1.82, 2.24) is 4.90 Å². The molecule has 0 heterocycles. The molecule has 0 radical (unpaired) electrons. The van der Waals surface area contributed by atoms with Crippen LogP contribution in [0.2, 0.25) is 0 Å². The first kappa shape index (κ1) is 36.0. The van der Waals surface area contributed by atoms with Gasteiger partial charge in [-0.25, -0.2) is 0 Å². The van der Waals surface area contributed by atoms with Crippen LogP contribution in [0.5, 0.6) is 0 Å². The predicted octanol–water partition coefficient (Wildman–Crippen LogP) is 12.7. The van der Waals surface area contributed by atoms with Gasteiger partial charge in [0, 0.05) is 11.1 Å². The monoisotopic (exact) mass is 508 g/mol. The van der Waals surface area contributed by atoms with Gasteiger partial charge in [0.2, 0.25) is 0 Å². The number of hydrogen-bond donors (Lipinski definition) is 0. The molecule has 36 heavy (non-hydrogen) atoms. The van der Waals surface area contributed by atoms with Crippen molar-refractivity contribution in [2.45, 2.75) is 220 Å². The van der Waals surface area contributed by atoms with E-state index in [1.165, 1.54) is 167 Å². The Labute approximate surface area is 231 Å². The van der Waals surface area contributed by atoms with Gasteiger partial charge in [0.05, 0.1) is 0 Å². The zero-order valence-corrected chi connectivity index (χ0v) is 26.8. The third-order valence-electron chi connectivity index (χ3n) is 8.73. The molecule has 0 fully saturated rings. The summed E-state index contributed by atoms with van der Waals surface area (Å²) in [5.74, 6) is 0. The highest BCUT2D eigenvalue weighted by Gasteiger charge is 2.36. The van der Waals surface area contributed by atoms with Gasteiger partial charge >= 0.3 is 0 Å². The fourth-order valence-corrected chi connectivity index (χ4v) is 6.30. The quantitative estimate of drug-likeness (QED) is 0.0951. The van der Waals surface area contributed by atoms with Crippen LogP contribution in [0.4, 0.5) is 0 Å². The van der Waals surface area contributed by atoms with Crippen molar-refractivity contribution in [1.29, 1.82) is 0 Å². The highest BCUT2D eigenvalue weighted by atomic mass is 15.2. The van der Waals surface area contributed by atoms with E-state index in [-0.39, 0.29) is 0 Å². The summed E-state index contributed by atoms with van der Waals surface area (Å²) < 4.78 is 0. The van der Waals surface area contributed by atoms with Gasteiger partial charge in [0.1, 0.15) is 0 Å². The van der Waals surface area contributed by atoms with E-state index in [0.29, 0.717) is 11.1 Å². The topological polar surface area (TPSA) is 3.24 Å². The fraction of sp³-hybridized carbons (Fsp3) is 1.00. The minimum absolute atomic E-state index is 0.317. The summed E-state index contributed by atoms with van der Waals surface area (Å²) in [7, 11) is 0. The first-order valence-electron chi connectivity index (χ1n) is 17.1. The van der Waals surface area contributed by atoms with E-state index in [1.807, 2.05) is 0 Å². The summed E-state index contributed by atoms with van der Waals surface area (Å²) in [4.78, 5) is 2.93. The first-order chi connectivity index (χ1) is 17.3. The Bertz CT molecular complexity index is 414. The molecule has 0 N–H and O–H groups in total. The molecule has 0 aliphatic heterocycles. The Morgan fingerprint density at radius 3 is 0.889 bits per heavy atom. The van der Waals surface area contributed by atoms with E-state index in [1.54, 1.807) is 0 Å². The van der Waals surface area contributed by atoms with Gasteiger partial charge < -0.3 is 0 Å². The lowest BCUT2D eigenvalue weighted by molar-refractivity contribution is 0.00154. The molecule has 0 aromatic heterocycles. The van der Waals surface area contributed by atoms with Gasteiger partial charge in [-0.05, 0) is 53.5 Å². The minimum Gasteiger partial charge on any atom is -0.293 e. The van der Waals surface area contributed by atoms with Gasteiger partial charge in [-0.2, -0.15) is 0 Å². The average molecular weight is 508 g/mol. The highest BCUT2D eigenvalue weighted by molar-refractivity contribution is 4.92. The summed E-state index contributed by atoms with van der Waals surface area (Å²) in [6.45, 7) is 18.4. The van der Waals surface area contributed by atoms with Crippen LogP contribution < -0.4 is 0 Å². The third-order valence-corrected chi connectivity index (χ3v) is 8.73. The van der Waals surface area contributed by atoms with Gasteiger partial charge in [-0.15, -0.1) is 0 Å². The fourth-order valence-electron chi connectivity index (χ4n) is 6.30. The van der Waals surface area contributed by atoms with Crippen molar-refractivity contribution in [2.75, 3.05) is 6.54 Å². The van der Waals surface area contributed by atoms with Crippen molar-refractivity contribution in [3.63, 3.8) is 0 Å². The van der Waals surface area contributed by atoms with E-state index in [2.05, 4.69) is 53.4 Å². The first-order valence-corrected chi connectivity index (χ1v) is 17.1. The van der Waals surface area contributed by atoms with Crippen LogP contribution in [0.25, 0.3) is 0 Å². The molecule has 0 bridgehead atoms. The summed E-state index contributed by atoms with van der Waals surface area (Å²) in [5, 5.41) is 0. The molecule has 1 heteroatoms. The van der Waals surface area contributed by atoms with Crippen LogP contribution in [-0.4, -0.2) is 22.5 Å². The maximum Gasteiger partial charge on any atom is 0.0158 e. The SMILES string of the molecule is CCCCCCCCCCCCCCCCCN(C(C)(C)CCCCCC)C(C)(C)CCCCCC. The molecule has 1 nitrogen and oxygen atoms in total. The summed E-state index contributed by atoms with van der Waals surface area (Å²) in [6, 6.07) is 0. The van der Waals surface area contributed by atoms with E-state index in [0.717, 1.165) is 0 Å². The van der Waals surface area contributed by atoms with E-state index in [4.69, 9.17) is 0 Å². The Kier molecular flexibility index (Phi) is 24.0. The Hall–Kier alpha value is -0.0400. The second kappa shape index (κ2) is 24.0. The molecular formula is C35H73N. The lowest BCUT2D eigenvalue weighted by Gasteiger charge is -2.49. The predicted molar refractivity (Wildman–Crippen MR) is 167 cm³/mol. The molecule has 0 unspecified atom stereocenters. The van der Waals surface area contributed by atoms with Crippen molar-refractivity contribution in [3.05, 3.63) is 0 Å². The molecule has 0 aromatic carbocycles. The van der Waals surface area contributed by atoms with Crippen LogP contribution >= 0.6 is 0 Å². The molecule has 0 aromatic rings. The summed E-state index contributed by atoms with van der Waals surface area (Å²) in [5.41, 5.74) is 0.635. The van der Waals surface area contributed by atoms with Gasteiger partial charge in [0.25, 0.3) is 0 Å². The third kappa shape index (κ3) is 20.0. The van der Waals surface area contributed by atoms with Crippen molar-refractivity contribution in [3.8, 4) is 0 Å². The highest BCUT2D eigenvalue weighted by Crippen LogP contribution is 2.33. The summed E-state index contributed by atoms with van der Waals surface area (Å²) in [6.07, 6.45) is 35.5. The number of unbranched alkanes of at least 4 members (excludes halogenated alkanes) is 20. The molecule has 0 saturated carbocycles. The molecular weight excluding hydrogens is 434 g/mol. The van der Waals surface area contributed by atoms with Crippen molar-refractivity contribution < 1.29 is 0 Å². The smallest absolute Gasteiger partial charge is 0.0158 e. The Balaban J connectivity index is 4.22. The van der Waals surface area contributed by atoms with Crippen molar-refractivity contribution >= 4 is 0 Å². The molecule has 0 aliphatic carbocycles. The zero-order valence-electron chi connectivity index (χ0n) is 26.8. The standard InChI is InChI=1S/C35H73N/c1-8-11-14-17-18-19-20-21-22-23-24-25-26-27-30-33-36(34(4,5)31-28-15-12-9-2)35(6,7)32-29-16-13-10-3/h8-33H2,1-7H3. The van der Waals surface area contributed by atoms with Gasteiger partial charge in [-0.1, -0.05) is 162 Å². The van der Waals surface area contributed by atoms with E-state index >= 15 is 0 Å².